The summed E-state index contributed by atoms with van der Waals surface area (Å²) in [5, 5.41) is 2.83. The Balaban J connectivity index is 1.97. The molecule has 4 heteroatoms. The fourth-order valence-electron chi connectivity index (χ4n) is 2.09. The first kappa shape index (κ1) is 14.9. The third kappa shape index (κ3) is 3.99. The fraction of sp³-hybridized carbons (Fsp3) is 0.235. The van der Waals surface area contributed by atoms with Gasteiger partial charge in [0.2, 0.25) is 5.91 Å². The highest BCUT2D eigenvalue weighted by molar-refractivity contribution is 5.96. The van der Waals surface area contributed by atoms with Crippen LogP contribution in [0.2, 0.25) is 0 Å². The first-order valence-corrected chi connectivity index (χ1v) is 7.04. The number of para-hydroxylation sites is 2. The number of likely N-dealkylation sites (N-methyl/N-ethyl adjacent to an activating group) is 1. The molecular weight excluding hydrogens is 262 g/mol. The molecule has 0 atom stereocenters. The fourth-order valence-corrected chi connectivity index (χ4v) is 2.09. The zero-order valence-corrected chi connectivity index (χ0v) is 12.5. The first-order chi connectivity index (χ1) is 10.1. The van der Waals surface area contributed by atoms with Gasteiger partial charge in [0.1, 0.15) is 0 Å². The van der Waals surface area contributed by atoms with Gasteiger partial charge in [0.05, 0.1) is 17.9 Å². The third-order valence-electron chi connectivity index (χ3n) is 3.40. The van der Waals surface area contributed by atoms with Crippen molar-refractivity contribution in [1.29, 1.82) is 0 Å². The molecule has 0 saturated heterocycles. The molecule has 0 spiro atoms. The molecule has 0 bridgehead atoms. The molecule has 2 rings (SSSR count). The number of aryl methyl sites for hydroxylation is 1. The predicted octanol–water partition coefficient (Wildman–Crippen LogP) is 2.91. The van der Waals surface area contributed by atoms with E-state index in [1.165, 1.54) is 5.56 Å². The van der Waals surface area contributed by atoms with Crippen molar-refractivity contribution >= 4 is 23.0 Å². The predicted molar refractivity (Wildman–Crippen MR) is 88.6 cm³/mol. The van der Waals surface area contributed by atoms with Crippen LogP contribution in [0.1, 0.15) is 12.5 Å². The molecule has 2 aromatic carbocycles. The second-order valence-electron chi connectivity index (χ2n) is 5.01. The van der Waals surface area contributed by atoms with Gasteiger partial charge >= 0.3 is 0 Å². The van der Waals surface area contributed by atoms with E-state index in [9.17, 15) is 4.79 Å². The normalized spacial score (nSPS) is 10.2. The zero-order chi connectivity index (χ0) is 15.2. The van der Waals surface area contributed by atoms with Crippen LogP contribution in [0, 0.1) is 0 Å². The summed E-state index contributed by atoms with van der Waals surface area (Å²) < 4.78 is 0. The standard InChI is InChI=1S/C17H21N3O/c1-3-13-8-10-14(11-9-13)20(2)12-17(21)19-16-7-5-4-6-15(16)18/h4-11H,3,12,18H2,1-2H3,(H,19,21). The van der Waals surface area contributed by atoms with Crippen LogP contribution in [0.4, 0.5) is 17.1 Å². The molecule has 0 aromatic heterocycles. The summed E-state index contributed by atoms with van der Waals surface area (Å²) in [5.41, 5.74) is 9.34. The van der Waals surface area contributed by atoms with Crippen molar-refractivity contribution in [2.45, 2.75) is 13.3 Å². The smallest absolute Gasteiger partial charge is 0.243 e. The number of carbonyl (C=O) groups is 1. The highest BCUT2D eigenvalue weighted by Crippen LogP contribution is 2.17. The molecule has 2 aromatic rings. The summed E-state index contributed by atoms with van der Waals surface area (Å²) >= 11 is 0. The van der Waals surface area contributed by atoms with Crippen LogP contribution in [0.25, 0.3) is 0 Å². The summed E-state index contributed by atoms with van der Waals surface area (Å²) in [5.74, 6) is -0.0880. The molecule has 0 fully saturated rings. The lowest BCUT2D eigenvalue weighted by Crippen LogP contribution is -2.30. The van der Waals surface area contributed by atoms with Gasteiger partial charge in [-0.15, -0.1) is 0 Å². The number of benzene rings is 2. The molecule has 4 nitrogen and oxygen atoms in total. The second kappa shape index (κ2) is 6.79. The van der Waals surface area contributed by atoms with Crippen LogP contribution in [0.3, 0.4) is 0 Å². The molecule has 110 valence electrons. The highest BCUT2D eigenvalue weighted by Gasteiger charge is 2.09. The summed E-state index contributed by atoms with van der Waals surface area (Å²) in [4.78, 5) is 14.0. The van der Waals surface area contributed by atoms with Crippen LogP contribution < -0.4 is 16.0 Å². The van der Waals surface area contributed by atoms with Crippen LogP contribution >= 0.6 is 0 Å². The minimum absolute atomic E-state index is 0.0880. The summed E-state index contributed by atoms with van der Waals surface area (Å²) in [7, 11) is 1.90. The monoisotopic (exact) mass is 283 g/mol. The van der Waals surface area contributed by atoms with E-state index in [4.69, 9.17) is 5.73 Å². The Morgan fingerprint density at radius 1 is 1.14 bits per heavy atom. The van der Waals surface area contributed by atoms with E-state index in [1.54, 1.807) is 12.1 Å². The van der Waals surface area contributed by atoms with Crippen molar-refractivity contribution in [1.82, 2.24) is 0 Å². The van der Waals surface area contributed by atoms with Crippen molar-refractivity contribution in [2.75, 3.05) is 29.5 Å². The average Bonchev–Trinajstić information content (AvgIpc) is 2.49. The third-order valence-corrected chi connectivity index (χ3v) is 3.40. The van der Waals surface area contributed by atoms with Crippen LogP contribution in [0.15, 0.2) is 48.5 Å². The molecule has 0 aliphatic carbocycles. The minimum atomic E-state index is -0.0880. The maximum Gasteiger partial charge on any atom is 0.243 e. The number of nitrogens with zero attached hydrogens (tertiary/aromatic N) is 1. The second-order valence-corrected chi connectivity index (χ2v) is 5.01. The molecule has 0 radical (unpaired) electrons. The number of nitrogen functional groups attached to an aromatic ring is 1. The summed E-state index contributed by atoms with van der Waals surface area (Å²) in [6, 6.07) is 15.5. The lowest BCUT2D eigenvalue weighted by Gasteiger charge is -2.19. The van der Waals surface area contributed by atoms with Gasteiger partial charge in [0.25, 0.3) is 0 Å². The molecular formula is C17H21N3O. The lowest BCUT2D eigenvalue weighted by atomic mass is 10.1. The molecule has 0 heterocycles. The quantitative estimate of drug-likeness (QED) is 0.830. The van der Waals surface area contributed by atoms with E-state index in [0.717, 1.165) is 12.1 Å². The van der Waals surface area contributed by atoms with E-state index >= 15 is 0 Å². The minimum Gasteiger partial charge on any atom is -0.397 e. The maximum atomic E-state index is 12.1. The Bertz CT molecular complexity index is 608. The number of hydrogen-bond acceptors (Lipinski definition) is 3. The van der Waals surface area contributed by atoms with Gasteiger partial charge < -0.3 is 16.0 Å². The number of amides is 1. The average molecular weight is 283 g/mol. The number of carbonyl (C=O) groups excluding carboxylic acids is 1. The summed E-state index contributed by atoms with van der Waals surface area (Å²) in [6.45, 7) is 2.40. The van der Waals surface area contributed by atoms with Gasteiger partial charge in [-0.2, -0.15) is 0 Å². The number of nitrogens with two attached hydrogens (primary N) is 1. The zero-order valence-electron chi connectivity index (χ0n) is 12.5. The molecule has 21 heavy (non-hydrogen) atoms. The van der Waals surface area contributed by atoms with Gasteiger partial charge in [-0.3, -0.25) is 4.79 Å². The highest BCUT2D eigenvalue weighted by atomic mass is 16.2. The summed E-state index contributed by atoms with van der Waals surface area (Å²) in [6.07, 6.45) is 1.01. The van der Waals surface area contributed by atoms with Gasteiger partial charge in [-0.05, 0) is 36.2 Å². The van der Waals surface area contributed by atoms with Crippen LogP contribution in [-0.4, -0.2) is 19.5 Å². The first-order valence-electron chi connectivity index (χ1n) is 7.04. The van der Waals surface area contributed by atoms with E-state index in [1.807, 2.05) is 36.2 Å². The molecule has 0 aliphatic rings. The Hall–Kier alpha value is -2.49. The number of hydrogen-bond donors (Lipinski definition) is 2. The Morgan fingerprint density at radius 3 is 2.43 bits per heavy atom. The van der Waals surface area contributed by atoms with E-state index in [-0.39, 0.29) is 12.5 Å². The van der Waals surface area contributed by atoms with Gasteiger partial charge in [0.15, 0.2) is 0 Å². The number of anilines is 3. The molecule has 0 aliphatic heterocycles. The molecule has 0 saturated carbocycles. The Labute approximate surface area is 125 Å². The molecule has 3 N–H and O–H groups in total. The van der Waals surface area contributed by atoms with Gasteiger partial charge in [-0.25, -0.2) is 0 Å². The number of nitrogens with one attached hydrogen (secondary N) is 1. The van der Waals surface area contributed by atoms with E-state index in [2.05, 4.69) is 24.4 Å². The van der Waals surface area contributed by atoms with Crippen LogP contribution in [-0.2, 0) is 11.2 Å². The Morgan fingerprint density at radius 2 is 1.81 bits per heavy atom. The van der Waals surface area contributed by atoms with Crippen LogP contribution in [0.5, 0.6) is 0 Å². The van der Waals surface area contributed by atoms with Crippen molar-refractivity contribution in [3.05, 3.63) is 54.1 Å². The van der Waals surface area contributed by atoms with E-state index < -0.39 is 0 Å². The maximum absolute atomic E-state index is 12.1. The largest absolute Gasteiger partial charge is 0.397 e. The molecule has 0 unspecified atom stereocenters. The Kier molecular flexibility index (Phi) is 4.82. The van der Waals surface area contributed by atoms with Crippen molar-refractivity contribution < 1.29 is 4.79 Å². The topological polar surface area (TPSA) is 58.4 Å². The molecule has 1 amide bonds. The lowest BCUT2D eigenvalue weighted by molar-refractivity contribution is -0.114. The van der Waals surface area contributed by atoms with E-state index in [0.29, 0.717) is 11.4 Å². The van der Waals surface area contributed by atoms with Crippen molar-refractivity contribution in [3.63, 3.8) is 0 Å². The number of rotatable bonds is 5. The van der Waals surface area contributed by atoms with Gasteiger partial charge in [0, 0.05) is 12.7 Å². The van der Waals surface area contributed by atoms with Crippen molar-refractivity contribution in [3.8, 4) is 0 Å². The SMILES string of the molecule is CCc1ccc(N(C)CC(=O)Nc2ccccc2N)cc1. The van der Waals surface area contributed by atoms with Gasteiger partial charge in [-0.1, -0.05) is 31.2 Å². The van der Waals surface area contributed by atoms with Crippen molar-refractivity contribution in [2.24, 2.45) is 0 Å².